The third-order valence-corrected chi connectivity index (χ3v) is 5.80. The molecule has 0 aliphatic heterocycles. The highest BCUT2D eigenvalue weighted by Gasteiger charge is 2.14. The van der Waals surface area contributed by atoms with E-state index in [0.29, 0.717) is 39.4 Å². The Morgan fingerprint density at radius 1 is 1.26 bits per heavy atom. The van der Waals surface area contributed by atoms with E-state index >= 15 is 0 Å². The van der Waals surface area contributed by atoms with Crippen molar-refractivity contribution >= 4 is 33.3 Å². The molecule has 8 heteroatoms. The number of aromatic nitrogens is 4. The van der Waals surface area contributed by atoms with Gasteiger partial charge in [0.25, 0.3) is 11.4 Å². The van der Waals surface area contributed by atoms with Crippen molar-refractivity contribution in [1.29, 1.82) is 0 Å². The minimum Gasteiger partial charge on any atom is -0.334 e. The summed E-state index contributed by atoms with van der Waals surface area (Å²) >= 11 is 2.81. The largest absolute Gasteiger partial charge is 0.334 e. The lowest BCUT2D eigenvalue weighted by atomic mass is 10.1. The number of fused-ring (bicyclic) bond motifs is 1. The number of allylic oxidation sites excluding steroid dienone is 1. The quantitative estimate of drug-likeness (QED) is 0.275. The topological polar surface area (TPSA) is 73.8 Å². The van der Waals surface area contributed by atoms with Crippen LogP contribution >= 0.6 is 23.1 Å². The molecule has 0 fully saturated rings. The maximum absolute atomic E-state index is 12.7. The van der Waals surface area contributed by atoms with Crippen LogP contribution in [0.3, 0.4) is 0 Å². The van der Waals surface area contributed by atoms with E-state index in [1.54, 1.807) is 10.6 Å². The minimum absolute atomic E-state index is 0.0501. The molecule has 0 atom stereocenters. The number of hydrogen-bond acceptors (Lipinski definition) is 7. The Morgan fingerprint density at radius 3 is 2.85 bits per heavy atom. The van der Waals surface area contributed by atoms with Gasteiger partial charge in [-0.2, -0.15) is 4.98 Å². The van der Waals surface area contributed by atoms with Crippen molar-refractivity contribution in [2.45, 2.75) is 24.4 Å². The fraction of sp³-hybridized carbons (Fsp3) is 0.158. The van der Waals surface area contributed by atoms with Gasteiger partial charge in [-0.05, 0) is 30.5 Å². The van der Waals surface area contributed by atoms with Gasteiger partial charge in [-0.1, -0.05) is 40.7 Å². The number of aryl methyl sites for hydroxylation is 1. The molecule has 1 aromatic carbocycles. The monoisotopic (exact) mass is 396 g/mol. The molecule has 0 aliphatic carbocycles. The minimum atomic E-state index is -0.0501. The highest BCUT2D eigenvalue weighted by Crippen LogP contribution is 2.24. The maximum Gasteiger partial charge on any atom is 0.272 e. The lowest BCUT2D eigenvalue weighted by Crippen LogP contribution is -2.21. The highest BCUT2D eigenvalue weighted by molar-refractivity contribution is 7.98. The molecule has 4 aromatic rings. The molecule has 27 heavy (non-hydrogen) atoms. The van der Waals surface area contributed by atoms with Crippen molar-refractivity contribution in [3.63, 3.8) is 0 Å². The first-order valence-corrected chi connectivity index (χ1v) is 10.1. The summed E-state index contributed by atoms with van der Waals surface area (Å²) in [6.07, 6.45) is 1.69. The zero-order chi connectivity index (χ0) is 18.8. The van der Waals surface area contributed by atoms with E-state index in [1.807, 2.05) is 42.6 Å². The van der Waals surface area contributed by atoms with E-state index in [4.69, 9.17) is 4.52 Å². The summed E-state index contributed by atoms with van der Waals surface area (Å²) in [6.45, 7) is 6.17. The molecule has 0 aliphatic rings. The normalized spacial score (nSPS) is 11.1. The molecule has 4 rings (SSSR count). The SMILES string of the molecule is C=CCn1c(SCc2noc(-c3ccc(C)cc3)n2)nc2ccsc2c1=O. The smallest absolute Gasteiger partial charge is 0.272 e. The Bertz CT molecular complexity index is 1160. The zero-order valence-corrected chi connectivity index (χ0v) is 16.2. The lowest BCUT2D eigenvalue weighted by Gasteiger charge is -2.08. The van der Waals surface area contributed by atoms with E-state index in [1.165, 1.54) is 28.7 Å². The first-order valence-electron chi connectivity index (χ1n) is 8.27. The first kappa shape index (κ1) is 17.7. The van der Waals surface area contributed by atoms with Gasteiger partial charge in [-0.3, -0.25) is 9.36 Å². The molecule has 0 radical (unpaired) electrons. The van der Waals surface area contributed by atoms with E-state index < -0.39 is 0 Å². The molecule has 0 spiro atoms. The average molecular weight is 396 g/mol. The van der Waals surface area contributed by atoms with E-state index in [-0.39, 0.29) is 5.56 Å². The third kappa shape index (κ3) is 3.58. The van der Waals surface area contributed by atoms with E-state index in [9.17, 15) is 4.79 Å². The van der Waals surface area contributed by atoms with Gasteiger partial charge in [0.2, 0.25) is 0 Å². The number of thiophene rings is 1. The molecule has 3 aromatic heterocycles. The van der Waals surface area contributed by atoms with Crippen LogP contribution in [-0.2, 0) is 12.3 Å². The standard InChI is InChI=1S/C19H16N4O2S2/c1-3-9-23-18(24)16-14(8-10-26-16)20-19(23)27-11-15-21-17(25-22-15)13-6-4-12(2)5-7-13/h3-8,10H,1,9,11H2,2H3. The summed E-state index contributed by atoms with van der Waals surface area (Å²) in [7, 11) is 0. The number of rotatable bonds is 6. The van der Waals surface area contributed by atoms with Gasteiger partial charge in [-0.15, -0.1) is 17.9 Å². The van der Waals surface area contributed by atoms with Crippen molar-refractivity contribution in [2.24, 2.45) is 0 Å². The van der Waals surface area contributed by atoms with Crippen LogP contribution in [-0.4, -0.2) is 19.7 Å². The van der Waals surface area contributed by atoms with Gasteiger partial charge in [0, 0.05) is 12.1 Å². The van der Waals surface area contributed by atoms with Crippen LogP contribution in [0.1, 0.15) is 11.4 Å². The Kier molecular flexibility index (Phi) is 4.91. The Labute approximate surface area is 163 Å². The predicted octanol–water partition coefficient (Wildman–Crippen LogP) is 4.29. The average Bonchev–Trinajstić information content (AvgIpc) is 3.33. The second-order valence-corrected chi connectivity index (χ2v) is 7.76. The summed E-state index contributed by atoms with van der Waals surface area (Å²) in [4.78, 5) is 21.7. The first-order chi connectivity index (χ1) is 13.2. The Balaban J connectivity index is 1.58. The van der Waals surface area contributed by atoms with Crippen LogP contribution in [0, 0.1) is 6.92 Å². The van der Waals surface area contributed by atoms with Crippen molar-refractivity contribution in [2.75, 3.05) is 0 Å². The molecule has 3 heterocycles. The summed E-state index contributed by atoms with van der Waals surface area (Å²) in [5, 5.41) is 6.53. The van der Waals surface area contributed by atoms with Crippen LogP contribution < -0.4 is 5.56 Å². The molecular formula is C19H16N4O2S2. The van der Waals surface area contributed by atoms with Crippen molar-refractivity contribution < 1.29 is 4.52 Å². The van der Waals surface area contributed by atoms with Crippen molar-refractivity contribution in [3.8, 4) is 11.5 Å². The molecular weight excluding hydrogens is 380 g/mol. The fourth-order valence-electron chi connectivity index (χ4n) is 2.58. The Hall–Kier alpha value is -2.71. The number of nitrogens with zero attached hydrogens (tertiary/aromatic N) is 4. The van der Waals surface area contributed by atoms with Crippen LogP contribution in [0.15, 0.2) is 62.8 Å². The van der Waals surface area contributed by atoms with E-state index in [2.05, 4.69) is 21.7 Å². The van der Waals surface area contributed by atoms with Gasteiger partial charge < -0.3 is 4.52 Å². The second kappa shape index (κ2) is 7.50. The van der Waals surface area contributed by atoms with E-state index in [0.717, 1.165) is 5.56 Å². The van der Waals surface area contributed by atoms with Gasteiger partial charge in [0.05, 0.1) is 11.3 Å². The molecule has 0 saturated heterocycles. The summed E-state index contributed by atoms with van der Waals surface area (Å²) in [5.41, 5.74) is 2.71. The van der Waals surface area contributed by atoms with Crippen molar-refractivity contribution in [3.05, 3.63) is 70.1 Å². The molecule has 0 bridgehead atoms. The van der Waals surface area contributed by atoms with Crippen LogP contribution in [0.5, 0.6) is 0 Å². The number of benzene rings is 1. The van der Waals surface area contributed by atoms with Crippen LogP contribution in [0.25, 0.3) is 21.7 Å². The third-order valence-electron chi connectivity index (χ3n) is 3.94. The molecule has 0 amide bonds. The molecule has 0 unspecified atom stereocenters. The van der Waals surface area contributed by atoms with Crippen molar-refractivity contribution in [1.82, 2.24) is 19.7 Å². The number of thioether (sulfide) groups is 1. The Morgan fingerprint density at radius 2 is 2.07 bits per heavy atom. The van der Waals surface area contributed by atoms with Gasteiger partial charge >= 0.3 is 0 Å². The molecule has 6 nitrogen and oxygen atoms in total. The summed E-state index contributed by atoms with van der Waals surface area (Å²) < 4.78 is 7.64. The zero-order valence-electron chi connectivity index (χ0n) is 14.6. The lowest BCUT2D eigenvalue weighted by molar-refractivity contribution is 0.425. The summed E-state index contributed by atoms with van der Waals surface area (Å²) in [6, 6.07) is 9.76. The van der Waals surface area contributed by atoms with Gasteiger partial charge in [0.1, 0.15) is 4.70 Å². The molecule has 136 valence electrons. The highest BCUT2D eigenvalue weighted by atomic mass is 32.2. The van der Waals surface area contributed by atoms with Crippen LogP contribution in [0.2, 0.25) is 0 Å². The fourth-order valence-corrected chi connectivity index (χ4v) is 4.21. The van der Waals surface area contributed by atoms with Gasteiger partial charge in [-0.25, -0.2) is 4.98 Å². The molecule has 0 saturated carbocycles. The molecule has 0 N–H and O–H groups in total. The summed E-state index contributed by atoms with van der Waals surface area (Å²) in [5.74, 6) is 1.49. The second-order valence-electron chi connectivity index (χ2n) is 5.90. The predicted molar refractivity (Wildman–Crippen MR) is 108 cm³/mol. The van der Waals surface area contributed by atoms with Gasteiger partial charge in [0.15, 0.2) is 11.0 Å². The number of hydrogen-bond donors (Lipinski definition) is 0. The maximum atomic E-state index is 12.7. The van der Waals surface area contributed by atoms with Crippen LogP contribution in [0.4, 0.5) is 0 Å².